The lowest BCUT2D eigenvalue weighted by atomic mass is 9.60. The Morgan fingerprint density at radius 3 is 1.40 bits per heavy atom. The summed E-state index contributed by atoms with van der Waals surface area (Å²) in [6.45, 7) is 0. The van der Waals surface area contributed by atoms with Crippen LogP contribution in [0.2, 0.25) is 0 Å². The van der Waals surface area contributed by atoms with Crippen molar-refractivity contribution < 1.29 is 19.1 Å². The maximum Gasteiger partial charge on any atom is 0.305 e. The summed E-state index contributed by atoms with van der Waals surface area (Å²) in [7, 11) is 2.84. The molecule has 1 aliphatic carbocycles. The average Bonchev–Trinajstić information content (AvgIpc) is 3.01. The molecule has 1 heterocycles. The number of rotatable bonds is 6. The molecule has 2 aliphatic rings. The first-order valence-electron chi connectivity index (χ1n) is 13.5. The molecule has 4 aromatic rings. The molecule has 0 saturated carbocycles. The van der Waals surface area contributed by atoms with E-state index in [-0.39, 0.29) is 24.8 Å². The summed E-state index contributed by atoms with van der Waals surface area (Å²) in [6.07, 6.45) is 1.54. The average molecular weight is 547 g/mol. The number of ether oxygens (including phenoxy) is 2. The molecule has 200 valence electrons. The van der Waals surface area contributed by atoms with Crippen molar-refractivity contribution in [1.29, 1.82) is 0 Å². The van der Waals surface area contributed by atoms with Gasteiger partial charge in [-0.1, -0.05) is 96.7 Å². The SMILES string of the molecule is COC(=O)CCC1(CCC(=O)OC)c2ccccc2C(=C2c3ccccc3Sc3ccccc32)c2ccccc21. The van der Waals surface area contributed by atoms with Gasteiger partial charge in [-0.25, -0.2) is 0 Å². The van der Waals surface area contributed by atoms with Crippen LogP contribution >= 0.6 is 11.8 Å². The summed E-state index contributed by atoms with van der Waals surface area (Å²) in [4.78, 5) is 27.4. The highest BCUT2D eigenvalue weighted by atomic mass is 32.2. The maximum absolute atomic E-state index is 12.5. The minimum absolute atomic E-state index is 0.245. The van der Waals surface area contributed by atoms with Gasteiger partial charge < -0.3 is 9.47 Å². The third kappa shape index (κ3) is 4.35. The molecular weight excluding hydrogens is 516 g/mol. The van der Waals surface area contributed by atoms with Crippen LogP contribution in [0.15, 0.2) is 107 Å². The fraction of sp³-hybridized carbons (Fsp3) is 0.200. The summed E-state index contributed by atoms with van der Waals surface area (Å²) in [6, 6.07) is 34.1. The molecule has 0 bridgehead atoms. The van der Waals surface area contributed by atoms with Crippen LogP contribution in [0.25, 0.3) is 11.1 Å². The summed E-state index contributed by atoms with van der Waals surface area (Å²) < 4.78 is 10.1. The van der Waals surface area contributed by atoms with Crippen LogP contribution in [-0.4, -0.2) is 26.2 Å². The van der Waals surface area contributed by atoms with Crippen LogP contribution < -0.4 is 0 Å². The molecule has 4 nitrogen and oxygen atoms in total. The van der Waals surface area contributed by atoms with Gasteiger partial charge in [-0.05, 0) is 69.5 Å². The molecule has 0 radical (unpaired) electrons. The summed E-state index contributed by atoms with van der Waals surface area (Å²) in [5.41, 5.74) is 8.74. The first kappa shape index (κ1) is 26.1. The molecule has 0 atom stereocenters. The van der Waals surface area contributed by atoms with Crippen molar-refractivity contribution >= 4 is 34.8 Å². The number of esters is 2. The highest BCUT2D eigenvalue weighted by Crippen LogP contribution is 2.56. The summed E-state index contributed by atoms with van der Waals surface area (Å²) in [5.74, 6) is -0.521. The quantitative estimate of drug-likeness (QED) is 0.205. The van der Waals surface area contributed by atoms with Gasteiger partial charge in [0.15, 0.2) is 0 Å². The van der Waals surface area contributed by atoms with Crippen molar-refractivity contribution in [3.05, 3.63) is 130 Å². The normalized spacial score (nSPS) is 14.3. The second-order valence-electron chi connectivity index (χ2n) is 10.2. The van der Waals surface area contributed by atoms with Gasteiger partial charge in [0.05, 0.1) is 14.2 Å². The fourth-order valence-electron chi connectivity index (χ4n) is 6.35. The highest BCUT2D eigenvalue weighted by molar-refractivity contribution is 7.99. The molecule has 0 unspecified atom stereocenters. The summed E-state index contributed by atoms with van der Waals surface area (Å²) >= 11 is 1.80. The number of hydrogen-bond donors (Lipinski definition) is 0. The van der Waals surface area contributed by atoms with E-state index in [2.05, 4.69) is 97.1 Å². The first-order chi connectivity index (χ1) is 19.6. The second kappa shape index (κ2) is 10.8. The van der Waals surface area contributed by atoms with Gasteiger partial charge in [-0.3, -0.25) is 9.59 Å². The van der Waals surface area contributed by atoms with Crippen LogP contribution in [0.3, 0.4) is 0 Å². The molecule has 1 aliphatic heterocycles. The Kier molecular flexibility index (Phi) is 7.07. The molecule has 6 rings (SSSR count). The largest absolute Gasteiger partial charge is 0.469 e. The molecule has 0 N–H and O–H groups in total. The van der Waals surface area contributed by atoms with E-state index in [1.807, 2.05) is 0 Å². The van der Waals surface area contributed by atoms with Crippen LogP contribution in [0, 0.1) is 0 Å². The zero-order valence-electron chi connectivity index (χ0n) is 22.6. The van der Waals surface area contributed by atoms with Gasteiger partial charge in [0.2, 0.25) is 0 Å². The number of carbonyl (C=O) groups is 2. The van der Waals surface area contributed by atoms with E-state index in [9.17, 15) is 9.59 Å². The van der Waals surface area contributed by atoms with Gasteiger partial charge in [0.1, 0.15) is 0 Å². The van der Waals surface area contributed by atoms with E-state index in [0.717, 1.165) is 22.3 Å². The van der Waals surface area contributed by atoms with Crippen molar-refractivity contribution in [3.8, 4) is 0 Å². The number of methoxy groups -OCH3 is 2. The molecule has 0 fully saturated rings. The van der Waals surface area contributed by atoms with Crippen LogP contribution in [0.1, 0.15) is 59.1 Å². The van der Waals surface area contributed by atoms with E-state index in [4.69, 9.17) is 9.47 Å². The second-order valence-corrected chi connectivity index (χ2v) is 11.3. The highest BCUT2D eigenvalue weighted by Gasteiger charge is 2.43. The molecule has 0 amide bonds. The number of hydrogen-bond acceptors (Lipinski definition) is 5. The van der Waals surface area contributed by atoms with Gasteiger partial charge >= 0.3 is 11.9 Å². The standard InChI is InChI=1S/C35H30O4S/c1-38-31(36)19-21-35(22-20-32(37)39-2)27-15-7-3-11-23(27)33(24-12-4-8-16-28(24)35)34-25-13-5-9-17-29(25)40-30-18-10-6-14-26(30)34/h3-18H,19-22H2,1-2H3. The molecule has 0 spiro atoms. The monoisotopic (exact) mass is 546 g/mol. The van der Waals surface area contributed by atoms with E-state index in [1.54, 1.807) is 11.8 Å². The zero-order chi connectivity index (χ0) is 27.7. The topological polar surface area (TPSA) is 52.6 Å². The number of carbonyl (C=O) groups excluding carboxylic acids is 2. The molecule has 4 aromatic carbocycles. The maximum atomic E-state index is 12.5. The Morgan fingerprint density at radius 2 is 0.950 bits per heavy atom. The van der Waals surface area contributed by atoms with E-state index in [0.29, 0.717) is 12.8 Å². The van der Waals surface area contributed by atoms with Crippen LogP contribution in [-0.2, 0) is 24.5 Å². The number of benzene rings is 4. The van der Waals surface area contributed by atoms with Crippen LogP contribution in [0.5, 0.6) is 0 Å². The van der Waals surface area contributed by atoms with Crippen molar-refractivity contribution in [2.45, 2.75) is 40.9 Å². The Hall–Kier alpha value is -4.09. The van der Waals surface area contributed by atoms with Crippen molar-refractivity contribution in [1.82, 2.24) is 0 Å². The molecule has 0 aromatic heterocycles. The third-order valence-corrected chi connectivity index (χ3v) is 9.33. The smallest absolute Gasteiger partial charge is 0.305 e. The van der Waals surface area contributed by atoms with E-state index in [1.165, 1.54) is 46.3 Å². The van der Waals surface area contributed by atoms with Crippen LogP contribution in [0.4, 0.5) is 0 Å². The van der Waals surface area contributed by atoms with Crippen molar-refractivity contribution in [2.24, 2.45) is 0 Å². The Bertz CT molecular complexity index is 1530. The lowest BCUT2D eigenvalue weighted by Crippen LogP contribution is -2.35. The molecule has 5 heteroatoms. The summed E-state index contributed by atoms with van der Waals surface area (Å²) in [5, 5.41) is 0. The van der Waals surface area contributed by atoms with Crippen molar-refractivity contribution in [3.63, 3.8) is 0 Å². The van der Waals surface area contributed by atoms with E-state index >= 15 is 0 Å². The lowest BCUT2D eigenvalue weighted by molar-refractivity contribution is -0.141. The zero-order valence-corrected chi connectivity index (χ0v) is 23.4. The van der Waals surface area contributed by atoms with Gasteiger partial charge in [-0.15, -0.1) is 0 Å². The van der Waals surface area contributed by atoms with Gasteiger partial charge in [0, 0.05) is 28.0 Å². The molecular formula is C35H30O4S. The minimum atomic E-state index is -0.567. The molecule has 40 heavy (non-hydrogen) atoms. The van der Waals surface area contributed by atoms with Gasteiger partial charge in [-0.2, -0.15) is 0 Å². The molecule has 0 saturated heterocycles. The Balaban J connectivity index is 1.68. The van der Waals surface area contributed by atoms with E-state index < -0.39 is 5.41 Å². The first-order valence-corrected chi connectivity index (χ1v) is 14.3. The Labute approximate surface area is 239 Å². The Morgan fingerprint density at radius 1 is 0.575 bits per heavy atom. The number of fused-ring (bicyclic) bond motifs is 4. The predicted molar refractivity (Wildman–Crippen MR) is 158 cm³/mol. The third-order valence-electron chi connectivity index (χ3n) is 8.17. The van der Waals surface area contributed by atoms with Crippen molar-refractivity contribution in [2.75, 3.05) is 14.2 Å². The van der Waals surface area contributed by atoms with Gasteiger partial charge in [0.25, 0.3) is 0 Å². The lowest BCUT2D eigenvalue weighted by Gasteiger charge is -2.43. The minimum Gasteiger partial charge on any atom is -0.469 e. The predicted octanol–water partition coefficient (Wildman–Crippen LogP) is 7.66. The fourth-order valence-corrected chi connectivity index (χ4v) is 7.44.